The van der Waals surface area contributed by atoms with E-state index in [9.17, 15) is 13.2 Å². The van der Waals surface area contributed by atoms with Gasteiger partial charge in [-0.25, -0.2) is 4.68 Å². The Kier molecular flexibility index (Phi) is 3.12. The van der Waals surface area contributed by atoms with Crippen molar-refractivity contribution in [2.45, 2.75) is 6.18 Å². The number of nitrogens with two attached hydrogens (primary N) is 1. The van der Waals surface area contributed by atoms with E-state index in [1.165, 1.54) is 0 Å². The van der Waals surface area contributed by atoms with Crippen molar-refractivity contribution in [2.24, 2.45) is 0 Å². The number of halogens is 4. The third kappa shape index (κ3) is 2.35. The Morgan fingerprint density at radius 2 is 2.05 bits per heavy atom. The summed E-state index contributed by atoms with van der Waals surface area (Å²) in [5, 5.41) is 12.5. The smallest absolute Gasteiger partial charge is 0.382 e. The van der Waals surface area contributed by atoms with E-state index >= 15 is 0 Å². The Balaban J connectivity index is 2.62. The van der Waals surface area contributed by atoms with E-state index in [0.29, 0.717) is 0 Å². The second kappa shape index (κ2) is 4.48. The van der Waals surface area contributed by atoms with E-state index < -0.39 is 11.7 Å². The largest absolute Gasteiger partial charge is 0.416 e. The molecule has 2 rings (SSSR count). The van der Waals surface area contributed by atoms with E-state index in [-0.39, 0.29) is 22.1 Å². The van der Waals surface area contributed by atoms with Crippen LogP contribution in [-0.2, 0) is 6.18 Å². The fourth-order valence-corrected chi connectivity index (χ4v) is 1.68. The van der Waals surface area contributed by atoms with Crippen LogP contribution in [-0.4, -0.2) is 9.78 Å². The van der Waals surface area contributed by atoms with Crippen molar-refractivity contribution in [3.05, 3.63) is 40.5 Å². The molecule has 0 aliphatic heterocycles. The zero-order valence-electron chi connectivity index (χ0n) is 9.24. The summed E-state index contributed by atoms with van der Waals surface area (Å²) in [5.74, 6) is -0.0660. The van der Waals surface area contributed by atoms with Crippen molar-refractivity contribution in [1.82, 2.24) is 9.78 Å². The van der Waals surface area contributed by atoms with E-state index in [4.69, 9.17) is 22.6 Å². The summed E-state index contributed by atoms with van der Waals surface area (Å²) in [6.45, 7) is 0. The van der Waals surface area contributed by atoms with E-state index in [1.807, 2.05) is 0 Å². The number of benzene rings is 1. The van der Waals surface area contributed by atoms with Gasteiger partial charge in [0, 0.05) is 0 Å². The number of hydrogen-bond donors (Lipinski definition) is 1. The number of anilines is 1. The van der Waals surface area contributed by atoms with Crippen molar-refractivity contribution in [3.63, 3.8) is 0 Å². The molecule has 4 nitrogen and oxygen atoms in total. The number of nitrogens with zero attached hydrogens (tertiary/aromatic N) is 3. The van der Waals surface area contributed by atoms with Crippen LogP contribution in [0.4, 0.5) is 19.0 Å². The van der Waals surface area contributed by atoms with Gasteiger partial charge in [0.15, 0.2) is 0 Å². The lowest BCUT2D eigenvalue weighted by Crippen LogP contribution is -2.08. The quantitative estimate of drug-likeness (QED) is 0.876. The van der Waals surface area contributed by atoms with Crippen LogP contribution in [0.5, 0.6) is 0 Å². The molecule has 0 spiro atoms. The van der Waals surface area contributed by atoms with Crippen LogP contribution in [0.3, 0.4) is 0 Å². The Bertz CT molecular complexity index is 670. The molecule has 8 heteroatoms. The van der Waals surface area contributed by atoms with Crippen LogP contribution in [0.15, 0.2) is 24.4 Å². The summed E-state index contributed by atoms with van der Waals surface area (Å²) in [4.78, 5) is 0. The molecule has 0 saturated carbocycles. The number of hydrogen-bond acceptors (Lipinski definition) is 3. The molecule has 1 aromatic carbocycles. The van der Waals surface area contributed by atoms with Gasteiger partial charge in [0.1, 0.15) is 17.5 Å². The van der Waals surface area contributed by atoms with Crippen molar-refractivity contribution in [2.75, 3.05) is 5.73 Å². The summed E-state index contributed by atoms with van der Waals surface area (Å²) >= 11 is 5.84. The molecule has 1 heterocycles. The fourth-order valence-electron chi connectivity index (χ4n) is 1.49. The van der Waals surface area contributed by atoms with Gasteiger partial charge in [0.2, 0.25) is 0 Å². The van der Waals surface area contributed by atoms with Gasteiger partial charge in [-0.2, -0.15) is 23.5 Å². The average Bonchev–Trinajstić information content (AvgIpc) is 2.69. The molecule has 0 amide bonds. The Labute approximate surface area is 110 Å². The lowest BCUT2D eigenvalue weighted by molar-refractivity contribution is -0.137. The predicted molar refractivity (Wildman–Crippen MR) is 62.7 cm³/mol. The SMILES string of the molecule is N#Cc1cnn(-c2cc(C(F)(F)F)ccc2Cl)c1N. The monoisotopic (exact) mass is 286 g/mol. The minimum absolute atomic E-state index is 0.0320. The first-order valence-corrected chi connectivity index (χ1v) is 5.33. The minimum atomic E-state index is -4.50. The van der Waals surface area contributed by atoms with Gasteiger partial charge in [0.05, 0.1) is 22.5 Å². The maximum atomic E-state index is 12.6. The zero-order valence-corrected chi connectivity index (χ0v) is 10.00. The summed E-state index contributed by atoms with van der Waals surface area (Å²) in [5.41, 5.74) is 4.77. The highest BCUT2D eigenvalue weighted by Gasteiger charge is 2.31. The lowest BCUT2D eigenvalue weighted by atomic mass is 10.2. The zero-order chi connectivity index (χ0) is 14.2. The van der Waals surface area contributed by atoms with Crippen molar-refractivity contribution in [1.29, 1.82) is 5.26 Å². The third-order valence-corrected chi connectivity index (χ3v) is 2.75. The topological polar surface area (TPSA) is 67.6 Å². The summed E-state index contributed by atoms with van der Waals surface area (Å²) < 4.78 is 38.9. The van der Waals surface area contributed by atoms with E-state index in [1.54, 1.807) is 6.07 Å². The second-order valence-corrected chi connectivity index (χ2v) is 4.04. The molecule has 0 atom stereocenters. The van der Waals surface area contributed by atoms with Crippen molar-refractivity contribution < 1.29 is 13.2 Å². The highest BCUT2D eigenvalue weighted by molar-refractivity contribution is 6.32. The van der Waals surface area contributed by atoms with Crippen LogP contribution in [0.2, 0.25) is 5.02 Å². The summed E-state index contributed by atoms with van der Waals surface area (Å²) in [7, 11) is 0. The molecule has 0 saturated heterocycles. The normalized spacial score (nSPS) is 11.3. The minimum Gasteiger partial charge on any atom is -0.382 e. The van der Waals surface area contributed by atoms with Gasteiger partial charge in [0.25, 0.3) is 0 Å². The molecule has 0 radical (unpaired) electrons. The standard InChI is InChI=1S/C11H6ClF3N4/c12-8-2-1-7(11(13,14)15)3-9(8)19-10(17)6(4-16)5-18-19/h1-3,5H,17H2. The van der Waals surface area contributed by atoms with Crippen LogP contribution in [0, 0.1) is 11.3 Å². The predicted octanol–water partition coefficient (Wildman–Crippen LogP) is 3.00. The number of alkyl halides is 3. The maximum absolute atomic E-state index is 12.6. The third-order valence-electron chi connectivity index (χ3n) is 2.43. The molecule has 0 aliphatic carbocycles. The number of rotatable bonds is 1. The van der Waals surface area contributed by atoms with Crippen molar-refractivity contribution in [3.8, 4) is 11.8 Å². The highest BCUT2D eigenvalue weighted by Crippen LogP contribution is 2.33. The van der Waals surface area contributed by atoms with Gasteiger partial charge in [-0.1, -0.05) is 11.6 Å². The van der Waals surface area contributed by atoms with Gasteiger partial charge in [-0.05, 0) is 18.2 Å². The molecule has 2 N–H and O–H groups in total. The number of nitriles is 1. The Morgan fingerprint density at radius 1 is 1.37 bits per heavy atom. The van der Waals surface area contributed by atoms with Gasteiger partial charge < -0.3 is 5.73 Å². The van der Waals surface area contributed by atoms with Crippen molar-refractivity contribution >= 4 is 17.4 Å². The summed E-state index contributed by atoms with van der Waals surface area (Å²) in [6, 6.07) is 4.56. The van der Waals surface area contributed by atoms with Gasteiger partial charge in [-0.3, -0.25) is 0 Å². The van der Waals surface area contributed by atoms with Crippen LogP contribution < -0.4 is 5.73 Å². The molecule has 1 aromatic heterocycles. The molecule has 19 heavy (non-hydrogen) atoms. The molecule has 0 unspecified atom stereocenters. The first-order chi connectivity index (χ1) is 8.84. The molecule has 0 bridgehead atoms. The van der Waals surface area contributed by atoms with Gasteiger partial charge in [-0.15, -0.1) is 0 Å². The van der Waals surface area contributed by atoms with Crippen LogP contribution in [0.25, 0.3) is 5.69 Å². The fraction of sp³-hybridized carbons (Fsp3) is 0.0909. The second-order valence-electron chi connectivity index (χ2n) is 3.63. The Hall–Kier alpha value is -2.20. The number of aromatic nitrogens is 2. The molecule has 0 fully saturated rings. The van der Waals surface area contributed by atoms with Crippen LogP contribution in [0.1, 0.15) is 11.1 Å². The number of nitrogen functional groups attached to an aromatic ring is 1. The summed E-state index contributed by atoms with van der Waals surface area (Å²) in [6.07, 6.45) is -3.34. The van der Waals surface area contributed by atoms with Gasteiger partial charge >= 0.3 is 6.18 Å². The molecular weight excluding hydrogens is 281 g/mol. The molecule has 2 aromatic rings. The first-order valence-electron chi connectivity index (χ1n) is 4.95. The molecule has 0 aliphatic rings. The van der Waals surface area contributed by atoms with E-state index in [2.05, 4.69) is 5.10 Å². The average molecular weight is 287 g/mol. The lowest BCUT2D eigenvalue weighted by Gasteiger charge is -2.11. The molecule has 98 valence electrons. The highest BCUT2D eigenvalue weighted by atomic mass is 35.5. The maximum Gasteiger partial charge on any atom is 0.416 e. The van der Waals surface area contributed by atoms with Crippen LogP contribution >= 0.6 is 11.6 Å². The molecular formula is C11H6ClF3N4. The Morgan fingerprint density at radius 3 is 2.58 bits per heavy atom. The van der Waals surface area contributed by atoms with E-state index in [0.717, 1.165) is 29.1 Å². The first kappa shape index (κ1) is 13.2.